The van der Waals surface area contributed by atoms with E-state index in [9.17, 15) is 14.7 Å². The number of ether oxygens (including phenoxy) is 2. The molecule has 0 bridgehead atoms. The van der Waals surface area contributed by atoms with Crippen LogP contribution in [0.2, 0.25) is 5.02 Å². The van der Waals surface area contributed by atoms with Gasteiger partial charge in [-0.1, -0.05) is 29.8 Å². The first-order chi connectivity index (χ1) is 12.1. The second-order valence-electron chi connectivity index (χ2n) is 6.91. The highest BCUT2D eigenvalue weighted by Gasteiger charge is 2.23. The zero-order valence-corrected chi connectivity index (χ0v) is 16.1. The maximum absolute atomic E-state index is 11.7. The topological polar surface area (TPSA) is 111 Å². The highest BCUT2D eigenvalue weighted by atomic mass is 35.5. The summed E-state index contributed by atoms with van der Waals surface area (Å²) >= 11 is 6.04. The van der Waals surface area contributed by atoms with E-state index >= 15 is 0 Å². The Labute approximate surface area is 158 Å². The van der Waals surface area contributed by atoms with E-state index < -0.39 is 29.9 Å². The minimum atomic E-state index is -1.12. The fourth-order valence-corrected chi connectivity index (χ4v) is 2.32. The molecule has 1 aromatic carbocycles. The average Bonchev–Trinajstić information content (AvgIpc) is 2.51. The zero-order chi connectivity index (χ0) is 19.7. The molecule has 1 amide bonds. The number of amides is 1. The molecule has 0 aliphatic carbocycles. The number of rotatable bonds is 9. The van der Waals surface area contributed by atoms with Crippen molar-refractivity contribution >= 4 is 23.7 Å². The van der Waals surface area contributed by atoms with Crippen molar-refractivity contribution in [2.24, 2.45) is 5.73 Å². The first-order valence-electron chi connectivity index (χ1n) is 8.41. The summed E-state index contributed by atoms with van der Waals surface area (Å²) < 4.78 is 10.6. The third-order valence-corrected chi connectivity index (χ3v) is 3.75. The van der Waals surface area contributed by atoms with E-state index in [1.807, 2.05) is 18.2 Å². The summed E-state index contributed by atoms with van der Waals surface area (Å²) in [4.78, 5) is 23.0. The van der Waals surface area contributed by atoms with Crippen LogP contribution in [0.1, 0.15) is 45.6 Å². The molecule has 4 N–H and O–H groups in total. The Hall–Kier alpha value is -1.83. The normalized spacial score (nSPS) is 13.7. The molecule has 0 aliphatic rings. The fourth-order valence-electron chi connectivity index (χ4n) is 2.13. The number of hydrogen-bond donors (Lipinski definition) is 3. The van der Waals surface area contributed by atoms with Gasteiger partial charge in [0.2, 0.25) is 0 Å². The van der Waals surface area contributed by atoms with E-state index in [1.165, 1.54) is 0 Å². The van der Waals surface area contributed by atoms with Crippen molar-refractivity contribution in [3.05, 3.63) is 34.9 Å². The molecule has 2 atom stereocenters. The number of nitrogens with two attached hydrogens (primary N) is 1. The van der Waals surface area contributed by atoms with E-state index in [-0.39, 0.29) is 13.0 Å². The quantitative estimate of drug-likeness (QED) is 0.561. The molecule has 0 saturated carbocycles. The minimum Gasteiger partial charge on any atom is -0.480 e. The van der Waals surface area contributed by atoms with Crippen LogP contribution in [0.3, 0.4) is 0 Å². The smallest absolute Gasteiger partial charge is 0.408 e. The second-order valence-corrected chi connectivity index (χ2v) is 7.32. The largest absolute Gasteiger partial charge is 0.480 e. The first-order valence-corrected chi connectivity index (χ1v) is 8.79. The van der Waals surface area contributed by atoms with Gasteiger partial charge in [0.15, 0.2) is 0 Å². The predicted octanol–water partition coefficient (Wildman–Crippen LogP) is 3.29. The molecule has 0 aromatic heterocycles. The van der Waals surface area contributed by atoms with Crippen LogP contribution in [0.25, 0.3) is 0 Å². The van der Waals surface area contributed by atoms with Gasteiger partial charge in [0.25, 0.3) is 0 Å². The van der Waals surface area contributed by atoms with Gasteiger partial charge in [0, 0.05) is 5.02 Å². The lowest BCUT2D eigenvalue weighted by Crippen LogP contribution is -2.43. The number of carboxylic acids is 1. The van der Waals surface area contributed by atoms with Crippen molar-refractivity contribution in [3.8, 4) is 0 Å². The molecule has 0 fully saturated rings. The zero-order valence-electron chi connectivity index (χ0n) is 15.3. The van der Waals surface area contributed by atoms with Crippen LogP contribution in [0.4, 0.5) is 4.79 Å². The standard InChI is InChI=1S/C18H27ClN2O5/c1-18(2,3)26-17(24)21-14(16(22)23)9-6-10-15(20)25-11-12-7-4-5-8-13(12)19/h4-5,7-8,14-15H,6,9-11,20H2,1-3H3,(H,21,24)(H,22,23)/t14-,15?/m0/s1. The number of nitrogens with one attached hydrogen (secondary N) is 1. The van der Waals surface area contributed by atoms with Crippen LogP contribution >= 0.6 is 11.6 Å². The third-order valence-electron chi connectivity index (χ3n) is 3.38. The number of carbonyl (C=O) groups excluding carboxylic acids is 1. The summed E-state index contributed by atoms with van der Waals surface area (Å²) in [5.74, 6) is -1.12. The van der Waals surface area contributed by atoms with Gasteiger partial charge in [-0.3, -0.25) is 0 Å². The van der Waals surface area contributed by atoms with E-state index in [0.29, 0.717) is 17.9 Å². The molecule has 1 aromatic rings. The van der Waals surface area contributed by atoms with Crippen molar-refractivity contribution in [2.45, 2.75) is 64.5 Å². The number of hydrogen-bond acceptors (Lipinski definition) is 5. The Morgan fingerprint density at radius 2 is 1.92 bits per heavy atom. The van der Waals surface area contributed by atoms with Gasteiger partial charge in [-0.15, -0.1) is 0 Å². The Morgan fingerprint density at radius 3 is 2.50 bits per heavy atom. The van der Waals surface area contributed by atoms with Crippen LogP contribution in [0.15, 0.2) is 24.3 Å². The predicted molar refractivity (Wildman–Crippen MR) is 98.9 cm³/mol. The Balaban J connectivity index is 2.36. The monoisotopic (exact) mass is 386 g/mol. The number of carboxylic acid groups (broad SMARTS) is 1. The molecule has 7 nitrogen and oxygen atoms in total. The number of carbonyl (C=O) groups is 2. The SMILES string of the molecule is CC(C)(C)OC(=O)N[C@@H](CCCC(N)OCc1ccccc1Cl)C(=O)O. The lowest BCUT2D eigenvalue weighted by Gasteiger charge is -2.22. The average molecular weight is 387 g/mol. The van der Waals surface area contributed by atoms with Gasteiger partial charge >= 0.3 is 12.1 Å². The lowest BCUT2D eigenvalue weighted by molar-refractivity contribution is -0.139. The minimum absolute atomic E-state index is 0.220. The second kappa shape index (κ2) is 10.4. The van der Waals surface area contributed by atoms with E-state index in [4.69, 9.17) is 26.8 Å². The highest BCUT2D eigenvalue weighted by molar-refractivity contribution is 6.31. The Bertz CT molecular complexity index is 603. The first kappa shape index (κ1) is 22.2. The Kier molecular flexibility index (Phi) is 8.84. The van der Waals surface area contributed by atoms with Crippen molar-refractivity contribution in [1.29, 1.82) is 0 Å². The van der Waals surface area contributed by atoms with Gasteiger partial charge in [0.1, 0.15) is 17.9 Å². The van der Waals surface area contributed by atoms with Crippen LogP contribution in [-0.4, -0.2) is 35.0 Å². The van der Waals surface area contributed by atoms with Gasteiger partial charge in [-0.25, -0.2) is 9.59 Å². The van der Waals surface area contributed by atoms with Gasteiger partial charge in [-0.05, 0) is 51.7 Å². The van der Waals surface area contributed by atoms with Gasteiger partial charge in [0.05, 0.1) is 6.61 Å². The van der Waals surface area contributed by atoms with Crippen LogP contribution < -0.4 is 11.1 Å². The summed E-state index contributed by atoms with van der Waals surface area (Å²) in [7, 11) is 0. The molecule has 26 heavy (non-hydrogen) atoms. The van der Waals surface area contributed by atoms with Crippen molar-refractivity contribution < 1.29 is 24.2 Å². The van der Waals surface area contributed by atoms with E-state index in [0.717, 1.165) is 5.56 Å². The van der Waals surface area contributed by atoms with Crippen molar-refractivity contribution in [2.75, 3.05) is 0 Å². The van der Waals surface area contributed by atoms with Gasteiger partial charge in [-0.2, -0.15) is 0 Å². The fraction of sp³-hybridized carbons (Fsp3) is 0.556. The molecule has 1 rings (SSSR count). The summed E-state index contributed by atoms with van der Waals surface area (Å²) in [6.07, 6.45) is -0.176. The summed E-state index contributed by atoms with van der Waals surface area (Å²) in [6, 6.07) is 6.26. The lowest BCUT2D eigenvalue weighted by atomic mass is 10.1. The maximum atomic E-state index is 11.7. The molecular formula is C18H27ClN2O5. The molecule has 0 radical (unpaired) electrons. The Morgan fingerprint density at radius 1 is 1.27 bits per heavy atom. The molecule has 0 heterocycles. The van der Waals surface area contributed by atoms with Crippen LogP contribution in [0.5, 0.6) is 0 Å². The number of alkyl carbamates (subject to hydrolysis) is 1. The molecular weight excluding hydrogens is 360 g/mol. The number of aliphatic carboxylic acids is 1. The van der Waals surface area contributed by atoms with Crippen LogP contribution in [0, 0.1) is 0 Å². The third kappa shape index (κ3) is 9.03. The molecule has 8 heteroatoms. The van der Waals surface area contributed by atoms with Crippen LogP contribution in [-0.2, 0) is 20.9 Å². The summed E-state index contributed by atoms with van der Waals surface area (Å²) in [6.45, 7) is 5.40. The van der Waals surface area contributed by atoms with Crippen molar-refractivity contribution in [3.63, 3.8) is 0 Å². The molecule has 0 spiro atoms. The molecule has 0 saturated heterocycles. The van der Waals surface area contributed by atoms with E-state index in [2.05, 4.69) is 5.32 Å². The molecule has 0 aliphatic heterocycles. The molecule has 146 valence electrons. The molecule has 1 unspecified atom stereocenters. The maximum Gasteiger partial charge on any atom is 0.408 e. The van der Waals surface area contributed by atoms with Gasteiger partial charge < -0.3 is 25.6 Å². The summed E-state index contributed by atoms with van der Waals surface area (Å²) in [5.41, 5.74) is 6.03. The van der Waals surface area contributed by atoms with E-state index in [1.54, 1.807) is 26.8 Å². The van der Waals surface area contributed by atoms with Crippen molar-refractivity contribution in [1.82, 2.24) is 5.32 Å². The number of halogens is 1. The highest BCUT2D eigenvalue weighted by Crippen LogP contribution is 2.17. The number of benzene rings is 1. The summed E-state index contributed by atoms with van der Waals surface area (Å²) in [5, 5.41) is 12.2.